The number of carbonyl (C=O) groups excluding carboxylic acids is 1. The molecule has 9 heteroatoms. The topological polar surface area (TPSA) is 105 Å². The monoisotopic (exact) mass is 488 g/mol. The standard InChI is InChI=1S/C27H32N6O3/c1-16-13-17(2)28-22(14-16)29-19-7-6-8-20-24(19)25-30-23(34)15-21(33(25)31-20)18-9-11-32(12-10-18)26(35)36-27(3,4)5/h6-8,13-15,18H,9-12H2,1-5H3,(H,28,29)(H,30,34). The first-order valence-corrected chi connectivity index (χ1v) is 12.3. The fraction of sp³-hybridized carbons (Fsp3) is 0.407. The van der Waals surface area contributed by atoms with Gasteiger partial charge < -0.3 is 19.9 Å². The summed E-state index contributed by atoms with van der Waals surface area (Å²) in [5, 5.41) is 9.11. The molecule has 4 heterocycles. The second-order valence-electron chi connectivity index (χ2n) is 10.6. The highest BCUT2D eigenvalue weighted by Gasteiger charge is 2.29. The van der Waals surface area contributed by atoms with Gasteiger partial charge in [-0.05, 0) is 77.3 Å². The Bertz CT molecular complexity index is 1490. The van der Waals surface area contributed by atoms with Gasteiger partial charge >= 0.3 is 6.09 Å². The summed E-state index contributed by atoms with van der Waals surface area (Å²) >= 11 is 0. The van der Waals surface area contributed by atoms with E-state index in [0.717, 1.165) is 52.2 Å². The lowest BCUT2D eigenvalue weighted by molar-refractivity contribution is 0.0203. The van der Waals surface area contributed by atoms with Crippen LogP contribution in [0.25, 0.3) is 16.6 Å². The van der Waals surface area contributed by atoms with Crippen molar-refractivity contribution in [2.75, 3.05) is 18.4 Å². The average Bonchev–Trinajstić information content (AvgIpc) is 3.16. The zero-order valence-corrected chi connectivity index (χ0v) is 21.4. The molecule has 0 bridgehead atoms. The second-order valence-corrected chi connectivity index (χ2v) is 10.6. The lowest BCUT2D eigenvalue weighted by Crippen LogP contribution is -2.41. The van der Waals surface area contributed by atoms with Crippen molar-refractivity contribution in [3.63, 3.8) is 0 Å². The molecule has 188 valence electrons. The van der Waals surface area contributed by atoms with Gasteiger partial charge in [0.25, 0.3) is 5.56 Å². The molecule has 1 amide bonds. The minimum Gasteiger partial charge on any atom is -0.444 e. The first-order valence-electron chi connectivity index (χ1n) is 12.3. The zero-order chi connectivity index (χ0) is 25.6. The van der Waals surface area contributed by atoms with E-state index >= 15 is 0 Å². The third-order valence-corrected chi connectivity index (χ3v) is 6.39. The largest absolute Gasteiger partial charge is 0.444 e. The maximum Gasteiger partial charge on any atom is 0.410 e. The Morgan fingerprint density at radius 2 is 1.89 bits per heavy atom. The van der Waals surface area contributed by atoms with Crippen LogP contribution in [0.1, 0.15) is 56.5 Å². The van der Waals surface area contributed by atoms with Gasteiger partial charge in [-0.25, -0.2) is 14.3 Å². The normalized spacial score (nSPS) is 15.0. The number of aryl methyl sites for hydroxylation is 2. The number of likely N-dealkylation sites (tertiary alicyclic amines) is 1. The first kappa shape index (κ1) is 23.8. The molecule has 36 heavy (non-hydrogen) atoms. The second kappa shape index (κ2) is 8.96. The summed E-state index contributed by atoms with van der Waals surface area (Å²) in [5.74, 6) is 0.840. The van der Waals surface area contributed by atoms with E-state index in [4.69, 9.17) is 9.84 Å². The smallest absolute Gasteiger partial charge is 0.410 e. The Kier molecular flexibility index (Phi) is 5.94. The lowest BCUT2D eigenvalue weighted by Gasteiger charge is -2.33. The van der Waals surface area contributed by atoms with Crippen LogP contribution in [-0.4, -0.2) is 49.3 Å². The molecule has 1 aromatic carbocycles. The number of nitrogens with zero attached hydrogens (tertiary/aromatic N) is 4. The van der Waals surface area contributed by atoms with E-state index in [9.17, 15) is 9.59 Å². The number of nitrogens with one attached hydrogen (secondary N) is 2. The number of ether oxygens (including phenoxy) is 1. The van der Waals surface area contributed by atoms with Crippen molar-refractivity contribution in [2.24, 2.45) is 0 Å². The number of H-pyrrole nitrogens is 1. The molecular formula is C27H32N6O3. The van der Waals surface area contributed by atoms with Crippen molar-refractivity contribution < 1.29 is 9.53 Å². The molecule has 0 radical (unpaired) electrons. The average molecular weight is 489 g/mol. The number of piperidine rings is 1. The summed E-state index contributed by atoms with van der Waals surface area (Å²) in [5.41, 5.74) is 4.45. The molecule has 1 aliphatic rings. The quantitative estimate of drug-likeness (QED) is 0.418. The maximum absolute atomic E-state index is 12.8. The maximum atomic E-state index is 12.8. The number of amides is 1. The van der Waals surface area contributed by atoms with Crippen LogP contribution >= 0.6 is 0 Å². The van der Waals surface area contributed by atoms with Crippen molar-refractivity contribution >= 4 is 34.1 Å². The van der Waals surface area contributed by atoms with Gasteiger partial charge in [-0.3, -0.25) is 4.79 Å². The van der Waals surface area contributed by atoms with E-state index in [1.54, 1.807) is 11.0 Å². The van der Waals surface area contributed by atoms with Gasteiger partial charge in [-0.2, -0.15) is 5.10 Å². The number of aromatic nitrogens is 4. The molecule has 0 atom stereocenters. The molecule has 2 N–H and O–H groups in total. The van der Waals surface area contributed by atoms with Crippen molar-refractivity contribution in [3.05, 3.63) is 63.7 Å². The molecule has 0 aliphatic carbocycles. The zero-order valence-electron chi connectivity index (χ0n) is 21.4. The predicted molar refractivity (Wildman–Crippen MR) is 140 cm³/mol. The minimum atomic E-state index is -0.527. The number of rotatable bonds is 3. The highest BCUT2D eigenvalue weighted by atomic mass is 16.6. The molecule has 1 saturated heterocycles. The highest BCUT2D eigenvalue weighted by Crippen LogP contribution is 2.33. The Hall–Kier alpha value is -3.88. The number of hydrogen-bond donors (Lipinski definition) is 2. The number of benzene rings is 1. The number of pyridine rings is 1. The number of fused-ring (bicyclic) bond motifs is 3. The predicted octanol–water partition coefficient (Wildman–Crippen LogP) is 5.05. The van der Waals surface area contributed by atoms with Crippen molar-refractivity contribution in [1.29, 1.82) is 0 Å². The molecule has 0 spiro atoms. The third kappa shape index (κ3) is 4.78. The molecule has 0 saturated carbocycles. The van der Waals surface area contributed by atoms with E-state index < -0.39 is 5.60 Å². The van der Waals surface area contributed by atoms with Crippen LogP contribution < -0.4 is 10.9 Å². The van der Waals surface area contributed by atoms with Crippen LogP contribution in [0.4, 0.5) is 16.3 Å². The van der Waals surface area contributed by atoms with Gasteiger partial charge in [-0.1, -0.05) is 6.07 Å². The lowest BCUT2D eigenvalue weighted by atomic mass is 9.93. The van der Waals surface area contributed by atoms with E-state index in [0.29, 0.717) is 18.7 Å². The molecule has 4 aromatic rings. The van der Waals surface area contributed by atoms with Gasteiger partial charge in [0.2, 0.25) is 0 Å². The fourth-order valence-corrected chi connectivity index (χ4v) is 4.91. The summed E-state index contributed by atoms with van der Waals surface area (Å²) in [7, 11) is 0. The molecule has 9 nitrogen and oxygen atoms in total. The number of aromatic amines is 1. The molecule has 0 unspecified atom stereocenters. The Morgan fingerprint density at radius 3 is 2.58 bits per heavy atom. The summed E-state index contributed by atoms with van der Waals surface area (Å²) in [6, 6.07) is 11.5. The van der Waals surface area contributed by atoms with Crippen molar-refractivity contribution in [2.45, 2.75) is 59.0 Å². The van der Waals surface area contributed by atoms with Gasteiger partial charge in [0.05, 0.1) is 22.3 Å². The molecule has 1 fully saturated rings. The first-order chi connectivity index (χ1) is 17.1. The van der Waals surface area contributed by atoms with E-state index in [1.165, 1.54) is 0 Å². The molecule has 3 aromatic heterocycles. The van der Waals surface area contributed by atoms with Crippen molar-refractivity contribution in [3.8, 4) is 0 Å². The van der Waals surface area contributed by atoms with Crippen LogP contribution in [0, 0.1) is 13.8 Å². The summed E-state index contributed by atoms with van der Waals surface area (Å²) in [6.45, 7) is 10.7. The molecular weight excluding hydrogens is 456 g/mol. The molecule has 1 aliphatic heterocycles. The van der Waals surface area contributed by atoms with Crippen LogP contribution in [0.2, 0.25) is 0 Å². The number of anilines is 2. The van der Waals surface area contributed by atoms with Crippen LogP contribution in [0.5, 0.6) is 0 Å². The summed E-state index contributed by atoms with van der Waals surface area (Å²) in [6.07, 6.45) is 1.16. The van der Waals surface area contributed by atoms with Gasteiger partial charge in [-0.15, -0.1) is 0 Å². The number of carbonyl (C=O) groups is 1. The summed E-state index contributed by atoms with van der Waals surface area (Å²) in [4.78, 5) is 34.6. The fourth-order valence-electron chi connectivity index (χ4n) is 4.91. The van der Waals surface area contributed by atoms with Gasteiger partial charge in [0.15, 0.2) is 0 Å². The Balaban J connectivity index is 1.49. The SMILES string of the molecule is Cc1cc(C)nc(Nc2cccc3nn4c(C5CCN(C(=O)OC(C)(C)C)CC5)cc(=O)[nH]c4c23)c1. The Labute approximate surface area is 209 Å². The highest BCUT2D eigenvalue weighted by molar-refractivity contribution is 6.03. The number of hydrogen-bond acceptors (Lipinski definition) is 6. The summed E-state index contributed by atoms with van der Waals surface area (Å²) < 4.78 is 7.37. The van der Waals surface area contributed by atoms with Crippen LogP contribution in [0.3, 0.4) is 0 Å². The minimum absolute atomic E-state index is 0.0975. The van der Waals surface area contributed by atoms with Crippen molar-refractivity contribution in [1.82, 2.24) is 24.5 Å². The van der Waals surface area contributed by atoms with E-state index in [-0.39, 0.29) is 17.6 Å². The van der Waals surface area contributed by atoms with E-state index in [2.05, 4.69) is 15.3 Å². The van der Waals surface area contributed by atoms with E-state index in [1.807, 2.05) is 69.5 Å². The Morgan fingerprint density at radius 1 is 1.14 bits per heavy atom. The van der Waals surface area contributed by atoms with Gasteiger partial charge in [0.1, 0.15) is 17.1 Å². The van der Waals surface area contributed by atoms with Gasteiger partial charge in [0, 0.05) is 30.8 Å². The van der Waals surface area contributed by atoms with Crippen LogP contribution in [-0.2, 0) is 4.74 Å². The third-order valence-electron chi connectivity index (χ3n) is 6.39. The van der Waals surface area contributed by atoms with Crippen LogP contribution in [0.15, 0.2) is 41.2 Å². The molecule has 5 rings (SSSR count).